The molecular weight excluding hydrogens is 166 g/mol. The first-order valence-electron chi connectivity index (χ1n) is 5.07. The maximum absolute atomic E-state index is 5.91. The Balaban J connectivity index is 2.10. The average molecular weight is 183 g/mol. The zero-order valence-corrected chi connectivity index (χ0v) is 8.59. The predicted molar refractivity (Wildman–Crippen MR) is 48.2 cm³/mol. The van der Waals surface area contributed by atoms with E-state index in [4.69, 9.17) is 9.47 Å². The highest BCUT2D eigenvalue weighted by atomic mass is 16.6. The third-order valence-corrected chi connectivity index (χ3v) is 3.93. The molecule has 0 amide bonds. The van der Waals surface area contributed by atoms with Crippen LogP contribution < -0.4 is 0 Å². The van der Waals surface area contributed by atoms with Gasteiger partial charge in [-0.2, -0.15) is 0 Å². The maximum Gasteiger partial charge on any atom is 0.121 e. The Kier molecular flexibility index (Phi) is 1.23. The highest BCUT2D eigenvalue weighted by molar-refractivity contribution is 5.12. The number of hydrogen-bond acceptors (Lipinski definition) is 3. The van der Waals surface area contributed by atoms with E-state index < -0.39 is 0 Å². The second kappa shape index (κ2) is 1.95. The maximum atomic E-state index is 5.91. The van der Waals surface area contributed by atoms with Crippen molar-refractivity contribution in [2.45, 2.75) is 50.6 Å². The van der Waals surface area contributed by atoms with Gasteiger partial charge in [0.25, 0.3) is 0 Å². The number of hydrogen-bond donors (Lipinski definition) is 0. The molecule has 0 saturated carbocycles. The Bertz CT molecular complexity index is 209. The summed E-state index contributed by atoms with van der Waals surface area (Å²) >= 11 is 0. The summed E-state index contributed by atoms with van der Waals surface area (Å²) in [5.74, 6) is 0. The highest BCUT2D eigenvalue weighted by Gasteiger charge is 2.67. The lowest BCUT2D eigenvalue weighted by molar-refractivity contribution is -0.124. The zero-order chi connectivity index (χ0) is 9.32. The van der Waals surface area contributed by atoms with Crippen LogP contribution in [0, 0.1) is 0 Å². The molecule has 0 aliphatic carbocycles. The SMILES string of the molecule is CC12CO[C@]3(C)CC[C@@](C)(OC1)N23. The third kappa shape index (κ3) is 0.767. The normalized spacial score (nSPS) is 60.2. The van der Waals surface area contributed by atoms with Gasteiger partial charge < -0.3 is 9.47 Å². The lowest BCUT2D eigenvalue weighted by Gasteiger charge is -2.36. The van der Waals surface area contributed by atoms with Crippen LogP contribution in [0.1, 0.15) is 33.6 Å². The zero-order valence-electron chi connectivity index (χ0n) is 8.59. The molecule has 2 atom stereocenters. The lowest BCUT2D eigenvalue weighted by atomic mass is 10.0. The van der Waals surface area contributed by atoms with Crippen LogP contribution in [-0.4, -0.2) is 35.1 Å². The van der Waals surface area contributed by atoms with Crippen LogP contribution in [0.3, 0.4) is 0 Å². The van der Waals surface area contributed by atoms with Gasteiger partial charge in [0.1, 0.15) is 11.4 Å². The van der Waals surface area contributed by atoms with E-state index in [1.807, 2.05) is 0 Å². The number of ether oxygens (including phenoxy) is 2. The molecule has 0 radical (unpaired) electrons. The van der Waals surface area contributed by atoms with Gasteiger partial charge >= 0.3 is 0 Å². The van der Waals surface area contributed by atoms with Crippen molar-refractivity contribution in [1.29, 1.82) is 0 Å². The molecule has 0 aromatic heterocycles. The van der Waals surface area contributed by atoms with Crippen LogP contribution in [0.2, 0.25) is 0 Å². The van der Waals surface area contributed by atoms with Crippen LogP contribution >= 0.6 is 0 Å². The minimum Gasteiger partial charge on any atom is -0.359 e. The largest absolute Gasteiger partial charge is 0.359 e. The summed E-state index contributed by atoms with van der Waals surface area (Å²) in [5.41, 5.74) is 0.0139. The van der Waals surface area contributed by atoms with Crippen molar-refractivity contribution in [3.63, 3.8) is 0 Å². The molecule has 0 aromatic rings. The molecule has 3 aliphatic rings. The summed E-state index contributed by atoms with van der Waals surface area (Å²) in [6.07, 6.45) is 2.19. The number of rotatable bonds is 0. The van der Waals surface area contributed by atoms with Crippen molar-refractivity contribution in [1.82, 2.24) is 4.90 Å². The summed E-state index contributed by atoms with van der Waals surface area (Å²) in [4.78, 5) is 2.45. The fourth-order valence-corrected chi connectivity index (χ4v) is 3.40. The van der Waals surface area contributed by atoms with Crippen molar-refractivity contribution < 1.29 is 9.47 Å². The molecule has 3 heteroatoms. The number of nitrogens with zero attached hydrogens (tertiary/aromatic N) is 1. The molecule has 0 aromatic carbocycles. The fourth-order valence-electron chi connectivity index (χ4n) is 3.40. The van der Waals surface area contributed by atoms with Crippen molar-refractivity contribution in [3.8, 4) is 0 Å². The average Bonchev–Trinajstić information content (AvgIpc) is 2.58. The Morgan fingerprint density at radius 3 is 1.85 bits per heavy atom. The van der Waals surface area contributed by atoms with E-state index in [0.29, 0.717) is 0 Å². The van der Waals surface area contributed by atoms with Gasteiger partial charge in [-0.15, -0.1) is 0 Å². The van der Waals surface area contributed by atoms with Crippen molar-refractivity contribution in [3.05, 3.63) is 0 Å². The standard InChI is InChI=1S/C10H17NO2/c1-8-6-12-9(2)4-5-10(3,11(8)9)13-7-8/h4-7H2,1-3H3/t9-,10-/m1/s1. The molecule has 0 bridgehead atoms. The summed E-state index contributed by atoms with van der Waals surface area (Å²) in [7, 11) is 0. The molecule has 3 saturated heterocycles. The van der Waals surface area contributed by atoms with Gasteiger partial charge in [0.05, 0.1) is 18.8 Å². The molecule has 3 fully saturated rings. The van der Waals surface area contributed by atoms with E-state index in [0.717, 1.165) is 26.1 Å². The van der Waals surface area contributed by atoms with Crippen molar-refractivity contribution in [2.24, 2.45) is 0 Å². The van der Waals surface area contributed by atoms with Gasteiger partial charge in [0.15, 0.2) is 0 Å². The smallest absolute Gasteiger partial charge is 0.121 e. The quantitative estimate of drug-likeness (QED) is 0.565. The first kappa shape index (κ1) is 8.21. The second-order valence-electron chi connectivity index (χ2n) is 5.26. The van der Waals surface area contributed by atoms with E-state index in [9.17, 15) is 0 Å². The van der Waals surface area contributed by atoms with Crippen LogP contribution in [0.4, 0.5) is 0 Å². The molecule has 3 heterocycles. The second-order valence-corrected chi connectivity index (χ2v) is 5.26. The van der Waals surface area contributed by atoms with E-state index in [-0.39, 0.29) is 17.0 Å². The van der Waals surface area contributed by atoms with E-state index >= 15 is 0 Å². The van der Waals surface area contributed by atoms with E-state index in [1.165, 1.54) is 0 Å². The first-order chi connectivity index (χ1) is 5.99. The molecule has 13 heavy (non-hydrogen) atoms. The molecule has 0 unspecified atom stereocenters. The summed E-state index contributed by atoms with van der Waals surface area (Å²) < 4.78 is 11.8. The lowest BCUT2D eigenvalue weighted by Crippen LogP contribution is -2.52. The topological polar surface area (TPSA) is 21.7 Å². The van der Waals surface area contributed by atoms with Gasteiger partial charge in [-0.1, -0.05) is 0 Å². The summed E-state index contributed by atoms with van der Waals surface area (Å²) in [6, 6.07) is 0. The minimum absolute atomic E-state index is 0.0556. The molecule has 74 valence electrons. The van der Waals surface area contributed by atoms with Gasteiger partial charge in [-0.25, -0.2) is 4.90 Å². The molecule has 0 N–H and O–H groups in total. The van der Waals surface area contributed by atoms with Gasteiger partial charge in [-0.3, -0.25) is 0 Å². The molecule has 3 rings (SSSR count). The Labute approximate surface area is 79.0 Å². The molecule has 0 spiro atoms. The Morgan fingerprint density at radius 2 is 1.38 bits per heavy atom. The molecular formula is C10H17NO2. The van der Waals surface area contributed by atoms with Crippen molar-refractivity contribution >= 4 is 0 Å². The van der Waals surface area contributed by atoms with Gasteiger partial charge in [-0.05, 0) is 33.6 Å². The van der Waals surface area contributed by atoms with Crippen LogP contribution in [-0.2, 0) is 9.47 Å². The van der Waals surface area contributed by atoms with Crippen molar-refractivity contribution in [2.75, 3.05) is 13.2 Å². The highest BCUT2D eigenvalue weighted by Crippen LogP contribution is 2.55. The third-order valence-electron chi connectivity index (χ3n) is 3.93. The van der Waals surface area contributed by atoms with E-state index in [1.54, 1.807) is 0 Å². The monoisotopic (exact) mass is 183 g/mol. The minimum atomic E-state index is -0.0556. The van der Waals surface area contributed by atoms with Gasteiger partial charge in [0.2, 0.25) is 0 Å². The van der Waals surface area contributed by atoms with Crippen LogP contribution in [0.15, 0.2) is 0 Å². The summed E-state index contributed by atoms with van der Waals surface area (Å²) in [5, 5.41) is 0. The fraction of sp³-hybridized carbons (Fsp3) is 1.00. The molecule has 3 aliphatic heterocycles. The predicted octanol–water partition coefficient (Wildman–Crippen LogP) is 1.33. The van der Waals surface area contributed by atoms with E-state index in [2.05, 4.69) is 25.7 Å². The van der Waals surface area contributed by atoms with Crippen LogP contribution in [0.5, 0.6) is 0 Å². The Hall–Kier alpha value is -0.120. The summed E-state index contributed by atoms with van der Waals surface area (Å²) in [6.45, 7) is 8.27. The van der Waals surface area contributed by atoms with Gasteiger partial charge in [0, 0.05) is 0 Å². The van der Waals surface area contributed by atoms with Crippen LogP contribution in [0.25, 0.3) is 0 Å². The molecule has 3 nitrogen and oxygen atoms in total. The first-order valence-corrected chi connectivity index (χ1v) is 5.07. The Morgan fingerprint density at radius 1 is 0.923 bits per heavy atom.